The molecule has 0 saturated carbocycles. The summed E-state index contributed by atoms with van der Waals surface area (Å²) in [4.78, 5) is 12.1. The lowest BCUT2D eigenvalue weighted by atomic mass is 10.5. The average molecular weight is 231 g/mol. The van der Waals surface area contributed by atoms with Crippen molar-refractivity contribution in [3.8, 4) is 23.8 Å². The summed E-state index contributed by atoms with van der Waals surface area (Å²) in [6.45, 7) is 0. The molecule has 7 nitrogen and oxygen atoms in total. The minimum atomic E-state index is 0.195. The smallest absolute Gasteiger partial charge is 0.242 e. The molecule has 0 aliphatic carbocycles. The summed E-state index contributed by atoms with van der Waals surface area (Å²) in [6.07, 6.45) is 3.08. The number of hydrogen-bond donors (Lipinski definition) is 0. The number of nitriles is 1. The number of methoxy groups -OCH3 is 2. The van der Waals surface area contributed by atoms with Crippen LogP contribution in [0.4, 0.5) is 0 Å². The van der Waals surface area contributed by atoms with Gasteiger partial charge in [-0.3, -0.25) is 4.57 Å². The van der Waals surface area contributed by atoms with Gasteiger partial charge in [-0.2, -0.15) is 15.2 Å². The highest BCUT2D eigenvalue weighted by molar-refractivity contribution is 5.30. The van der Waals surface area contributed by atoms with Gasteiger partial charge in [-0.1, -0.05) is 0 Å². The zero-order valence-electron chi connectivity index (χ0n) is 9.28. The van der Waals surface area contributed by atoms with E-state index in [0.29, 0.717) is 11.8 Å². The van der Waals surface area contributed by atoms with Crippen molar-refractivity contribution in [3.05, 3.63) is 24.3 Å². The first kappa shape index (κ1) is 10.9. The van der Waals surface area contributed by atoms with Crippen LogP contribution >= 0.6 is 0 Å². The van der Waals surface area contributed by atoms with Gasteiger partial charge in [-0.05, 0) is 0 Å². The normalized spacial score (nSPS) is 9.71. The molecule has 0 amide bonds. The van der Waals surface area contributed by atoms with Crippen LogP contribution in [0.25, 0.3) is 5.95 Å². The van der Waals surface area contributed by atoms with Crippen LogP contribution in [0, 0.1) is 11.3 Å². The molecule has 0 bridgehead atoms. The third-order valence-corrected chi connectivity index (χ3v) is 2.04. The van der Waals surface area contributed by atoms with Crippen molar-refractivity contribution >= 4 is 0 Å². The van der Waals surface area contributed by atoms with Crippen LogP contribution in [-0.2, 0) is 0 Å². The van der Waals surface area contributed by atoms with E-state index in [1.54, 1.807) is 12.3 Å². The molecule has 86 valence electrons. The van der Waals surface area contributed by atoms with Crippen molar-refractivity contribution in [1.82, 2.24) is 19.5 Å². The summed E-state index contributed by atoms with van der Waals surface area (Å²) in [5.41, 5.74) is 0. The highest BCUT2D eigenvalue weighted by Gasteiger charge is 2.10. The van der Waals surface area contributed by atoms with Crippen LogP contribution in [-0.4, -0.2) is 33.7 Å². The Morgan fingerprint density at radius 1 is 1.24 bits per heavy atom. The van der Waals surface area contributed by atoms with Crippen molar-refractivity contribution < 1.29 is 9.47 Å². The zero-order valence-corrected chi connectivity index (χ0v) is 9.28. The molecule has 0 aliphatic rings. The third kappa shape index (κ3) is 2.01. The van der Waals surface area contributed by atoms with Gasteiger partial charge < -0.3 is 9.47 Å². The molecule has 0 aliphatic heterocycles. The molecular weight excluding hydrogens is 222 g/mol. The molecule has 0 aromatic carbocycles. The molecule has 2 aromatic heterocycles. The standard InChI is InChI=1S/C10H9N5O2/c1-16-8-5-9(17-2)14-10(13-8)15-4-3-12-7(15)6-11/h3-5H,1-2H3. The maximum Gasteiger partial charge on any atom is 0.242 e. The molecule has 17 heavy (non-hydrogen) atoms. The highest BCUT2D eigenvalue weighted by atomic mass is 16.5. The van der Waals surface area contributed by atoms with Gasteiger partial charge in [-0.15, -0.1) is 0 Å². The van der Waals surface area contributed by atoms with Crippen LogP contribution in [0.5, 0.6) is 11.8 Å². The first-order chi connectivity index (χ1) is 8.28. The van der Waals surface area contributed by atoms with E-state index in [1.807, 2.05) is 6.07 Å². The molecule has 0 spiro atoms. The average Bonchev–Trinajstić information content (AvgIpc) is 2.86. The summed E-state index contributed by atoms with van der Waals surface area (Å²) in [5.74, 6) is 1.17. The van der Waals surface area contributed by atoms with E-state index in [9.17, 15) is 0 Å². The lowest BCUT2D eigenvalue weighted by Gasteiger charge is -2.06. The molecule has 7 heteroatoms. The van der Waals surface area contributed by atoms with E-state index in [0.717, 1.165) is 0 Å². The molecule has 2 heterocycles. The summed E-state index contributed by atoms with van der Waals surface area (Å²) in [5, 5.41) is 8.87. The second-order valence-electron chi connectivity index (χ2n) is 2.99. The number of hydrogen-bond acceptors (Lipinski definition) is 6. The van der Waals surface area contributed by atoms with Crippen molar-refractivity contribution in [2.45, 2.75) is 0 Å². The highest BCUT2D eigenvalue weighted by Crippen LogP contribution is 2.17. The van der Waals surface area contributed by atoms with Crippen molar-refractivity contribution in [1.29, 1.82) is 5.26 Å². The quantitative estimate of drug-likeness (QED) is 0.766. The lowest BCUT2D eigenvalue weighted by Crippen LogP contribution is -2.05. The second kappa shape index (κ2) is 4.49. The van der Waals surface area contributed by atoms with Gasteiger partial charge in [0.2, 0.25) is 23.5 Å². The maximum absolute atomic E-state index is 8.87. The largest absolute Gasteiger partial charge is 0.481 e. The summed E-state index contributed by atoms with van der Waals surface area (Å²) in [6, 6.07) is 3.49. The number of imidazole rings is 1. The second-order valence-corrected chi connectivity index (χ2v) is 2.99. The fourth-order valence-electron chi connectivity index (χ4n) is 1.26. The predicted molar refractivity (Wildman–Crippen MR) is 57.0 cm³/mol. The van der Waals surface area contributed by atoms with Crippen molar-refractivity contribution in [2.75, 3.05) is 14.2 Å². The molecule has 2 aromatic rings. The SMILES string of the molecule is COc1cc(OC)nc(-n2ccnc2C#N)n1. The molecule has 0 fully saturated rings. The summed E-state index contributed by atoms with van der Waals surface area (Å²) < 4.78 is 11.5. The van der Waals surface area contributed by atoms with Crippen molar-refractivity contribution in [3.63, 3.8) is 0 Å². The third-order valence-electron chi connectivity index (χ3n) is 2.04. The van der Waals surface area contributed by atoms with Gasteiger partial charge in [0.25, 0.3) is 0 Å². The van der Waals surface area contributed by atoms with Gasteiger partial charge in [-0.25, -0.2) is 4.98 Å². The predicted octanol–water partition coefficient (Wildman–Crippen LogP) is 0.551. The Balaban J connectivity index is 2.55. The summed E-state index contributed by atoms with van der Waals surface area (Å²) in [7, 11) is 2.98. The maximum atomic E-state index is 8.87. The molecule has 0 saturated heterocycles. The van der Waals surface area contributed by atoms with Gasteiger partial charge in [0, 0.05) is 12.4 Å². The van der Waals surface area contributed by atoms with Gasteiger partial charge in [0.05, 0.1) is 20.3 Å². The Morgan fingerprint density at radius 3 is 2.41 bits per heavy atom. The number of nitrogens with zero attached hydrogens (tertiary/aromatic N) is 5. The van der Waals surface area contributed by atoms with Crippen LogP contribution in [0.2, 0.25) is 0 Å². The van der Waals surface area contributed by atoms with Crippen LogP contribution in [0.3, 0.4) is 0 Å². The number of ether oxygens (including phenoxy) is 2. The van der Waals surface area contributed by atoms with Crippen LogP contribution in [0.15, 0.2) is 18.5 Å². The fraction of sp³-hybridized carbons (Fsp3) is 0.200. The Bertz CT molecular complexity index is 550. The monoisotopic (exact) mass is 231 g/mol. The van der Waals surface area contributed by atoms with E-state index >= 15 is 0 Å². The zero-order chi connectivity index (χ0) is 12.3. The molecule has 0 unspecified atom stereocenters. The Kier molecular flexibility index (Phi) is 2.87. The van der Waals surface area contributed by atoms with E-state index in [2.05, 4.69) is 15.0 Å². The van der Waals surface area contributed by atoms with E-state index in [-0.39, 0.29) is 11.8 Å². The van der Waals surface area contributed by atoms with Crippen LogP contribution in [0.1, 0.15) is 5.82 Å². The number of aromatic nitrogens is 4. The van der Waals surface area contributed by atoms with Crippen LogP contribution < -0.4 is 9.47 Å². The topological polar surface area (TPSA) is 85.9 Å². The Morgan fingerprint density at radius 2 is 1.88 bits per heavy atom. The molecule has 0 atom stereocenters. The van der Waals surface area contributed by atoms with E-state index in [1.165, 1.54) is 25.0 Å². The van der Waals surface area contributed by atoms with Crippen molar-refractivity contribution in [2.24, 2.45) is 0 Å². The summed E-state index contributed by atoms with van der Waals surface area (Å²) >= 11 is 0. The fourth-order valence-corrected chi connectivity index (χ4v) is 1.26. The first-order valence-corrected chi connectivity index (χ1v) is 4.69. The first-order valence-electron chi connectivity index (χ1n) is 4.69. The minimum absolute atomic E-state index is 0.195. The molecule has 0 N–H and O–H groups in total. The Labute approximate surface area is 97.3 Å². The van der Waals surface area contributed by atoms with Gasteiger partial charge in [0.15, 0.2) is 0 Å². The van der Waals surface area contributed by atoms with Gasteiger partial charge in [0.1, 0.15) is 6.07 Å². The van der Waals surface area contributed by atoms with E-state index in [4.69, 9.17) is 14.7 Å². The van der Waals surface area contributed by atoms with Gasteiger partial charge >= 0.3 is 0 Å². The molecule has 2 rings (SSSR count). The lowest BCUT2D eigenvalue weighted by molar-refractivity contribution is 0.370. The molecular formula is C10H9N5O2. The molecule has 0 radical (unpaired) electrons. The minimum Gasteiger partial charge on any atom is -0.481 e. The number of rotatable bonds is 3. The Hall–Kier alpha value is -2.62. The van der Waals surface area contributed by atoms with E-state index < -0.39 is 0 Å².